The van der Waals surface area contributed by atoms with Crippen molar-refractivity contribution in [2.75, 3.05) is 0 Å². The lowest BCUT2D eigenvalue weighted by Crippen LogP contribution is -2.87. The van der Waals surface area contributed by atoms with Crippen LogP contribution in [0.15, 0.2) is 194 Å². The number of rotatable bonds is 4. The zero-order valence-electron chi connectivity index (χ0n) is 28.0. The lowest BCUT2D eigenvalue weighted by molar-refractivity contribution is 1.15. The standard InChI is InChI=1S/C48H32BNSi/c1-5-18-33(19-6-1)44-39-32-35-22-13-14-27-38(35)45-48(39)50(47(44)34-20-7-2-8-21-34)41-29-17-31-43-46(41)49(45)40-28-15-16-30-42(40)51(43,36-23-9-3-10-24-36)37-25-11-4-12-26-37/h1-32H. The minimum Gasteiger partial charge on any atom is -0.310 e. The summed E-state index contributed by atoms with van der Waals surface area (Å²) in [5.41, 5.74) is 11.9. The van der Waals surface area contributed by atoms with Crippen molar-refractivity contribution in [1.29, 1.82) is 0 Å². The van der Waals surface area contributed by atoms with E-state index >= 15 is 0 Å². The third-order valence-electron chi connectivity index (χ3n) is 11.5. The van der Waals surface area contributed by atoms with Gasteiger partial charge < -0.3 is 4.57 Å². The molecule has 0 bridgehead atoms. The van der Waals surface area contributed by atoms with Gasteiger partial charge in [0.25, 0.3) is 0 Å². The Hall–Kier alpha value is -6.16. The third kappa shape index (κ3) is 3.82. The van der Waals surface area contributed by atoms with E-state index in [9.17, 15) is 0 Å². The highest BCUT2D eigenvalue weighted by molar-refractivity contribution is 7.26. The van der Waals surface area contributed by atoms with Crippen LogP contribution in [0.2, 0.25) is 0 Å². The van der Waals surface area contributed by atoms with Crippen molar-refractivity contribution in [3.05, 3.63) is 194 Å². The van der Waals surface area contributed by atoms with Gasteiger partial charge in [0.1, 0.15) is 0 Å². The summed E-state index contributed by atoms with van der Waals surface area (Å²) in [5, 5.41) is 9.74. The van der Waals surface area contributed by atoms with Crippen LogP contribution in [0.1, 0.15) is 0 Å². The van der Waals surface area contributed by atoms with Gasteiger partial charge in [-0.1, -0.05) is 187 Å². The summed E-state index contributed by atoms with van der Waals surface area (Å²) in [6, 6.07) is 73.1. The Balaban J connectivity index is 1.40. The number of hydrogen-bond donors (Lipinski definition) is 0. The maximum atomic E-state index is 2.65. The fraction of sp³-hybridized carbons (Fsp3) is 0. The third-order valence-corrected chi connectivity index (χ3v) is 16.4. The fourth-order valence-corrected chi connectivity index (χ4v) is 15.0. The highest BCUT2D eigenvalue weighted by atomic mass is 28.3. The molecule has 0 spiro atoms. The first-order valence-corrected chi connectivity index (χ1v) is 19.9. The zero-order chi connectivity index (χ0) is 33.5. The number of benzene rings is 8. The molecule has 3 heteroatoms. The molecule has 0 radical (unpaired) electrons. The molecule has 0 unspecified atom stereocenters. The van der Waals surface area contributed by atoms with Crippen LogP contribution in [0.5, 0.6) is 0 Å². The molecule has 0 amide bonds. The lowest BCUT2D eigenvalue weighted by Gasteiger charge is -2.45. The van der Waals surface area contributed by atoms with E-state index in [2.05, 4.69) is 199 Å². The van der Waals surface area contributed by atoms with Gasteiger partial charge in [-0.3, -0.25) is 0 Å². The van der Waals surface area contributed by atoms with Gasteiger partial charge in [0.15, 0.2) is 8.07 Å². The molecule has 1 nitrogen and oxygen atoms in total. The van der Waals surface area contributed by atoms with Crippen LogP contribution in [-0.4, -0.2) is 19.4 Å². The Morgan fingerprint density at radius 2 is 1.00 bits per heavy atom. The summed E-state index contributed by atoms with van der Waals surface area (Å²) < 4.78 is 2.65. The fourth-order valence-electron chi connectivity index (χ4n) is 9.68. The van der Waals surface area contributed by atoms with Crippen molar-refractivity contribution in [3.8, 4) is 28.1 Å². The molecule has 0 saturated heterocycles. The summed E-state index contributed by atoms with van der Waals surface area (Å²) >= 11 is 0. The average Bonchev–Trinajstić information content (AvgIpc) is 3.55. The Labute approximate surface area is 299 Å². The number of hydrogen-bond acceptors (Lipinski definition) is 0. The maximum absolute atomic E-state index is 2.77. The number of aromatic nitrogens is 1. The van der Waals surface area contributed by atoms with Crippen molar-refractivity contribution >= 4 is 73.6 Å². The molecule has 0 saturated carbocycles. The van der Waals surface area contributed by atoms with E-state index in [1.807, 2.05) is 0 Å². The molecule has 0 N–H and O–H groups in total. The van der Waals surface area contributed by atoms with Crippen molar-refractivity contribution in [3.63, 3.8) is 0 Å². The van der Waals surface area contributed by atoms with E-state index in [4.69, 9.17) is 0 Å². The van der Waals surface area contributed by atoms with Crippen LogP contribution in [-0.2, 0) is 0 Å². The zero-order valence-corrected chi connectivity index (χ0v) is 29.0. The molecule has 9 aromatic rings. The summed E-state index contributed by atoms with van der Waals surface area (Å²) in [6.45, 7) is 0.0868. The smallest absolute Gasteiger partial charge is 0.247 e. The second-order valence-electron chi connectivity index (χ2n) is 13.9. The SMILES string of the molecule is c1ccc(-c2c(-c3ccccc3)n3c4c(c5ccccc5cc24)B2c4ccccc4[Si](c4ccccc4)(c4ccccc4)c4cccc-3c42)cc1. The Bertz CT molecular complexity index is 2750. The van der Waals surface area contributed by atoms with E-state index in [1.54, 1.807) is 0 Å². The molecule has 2 aliphatic rings. The van der Waals surface area contributed by atoms with E-state index < -0.39 is 8.07 Å². The summed E-state index contributed by atoms with van der Waals surface area (Å²) in [6.07, 6.45) is 0. The summed E-state index contributed by atoms with van der Waals surface area (Å²) in [4.78, 5) is 0. The molecular weight excluding hydrogens is 629 g/mol. The summed E-state index contributed by atoms with van der Waals surface area (Å²) in [5.74, 6) is 0. The molecular formula is C48H32BNSi. The van der Waals surface area contributed by atoms with Crippen molar-refractivity contribution in [2.24, 2.45) is 0 Å². The largest absolute Gasteiger partial charge is 0.310 e. The Morgan fingerprint density at radius 1 is 0.431 bits per heavy atom. The van der Waals surface area contributed by atoms with Crippen LogP contribution in [0.4, 0.5) is 0 Å². The molecule has 236 valence electrons. The first-order chi connectivity index (χ1) is 25.4. The van der Waals surface area contributed by atoms with Crippen LogP contribution >= 0.6 is 0 Å². The van der Waals surface area contributed by atoms with Crippen LogP contribution < -0.4 is 37.1 Å². The Kier molecular flexibility index (Phi) is 6.14. The van der Waals surface area contributed by atoms with Gasteiger partial charge in [-0.2, -0.15) is 0 Å². The van der Waals surface area contributed by atoms with Crippen LogP contribution in [0, 0.1) is 0 Å². The molecule has 11 rings (SSSR count). The minimum absolute atomic E-state index is 0.0868. The van der Waals surface area contributed by atoms with Gasteiger partial charge in [0.05, 0.1) is 11.2 Å². The van der Waals surface area contributed by atoms with Gasteiger partial charge in [-0.25, -0.2) is 0 Å². The van der Waals surface area contributed by atoms with Crippen LogP contribution in [0.3, 0.4) is 0 Å². The van der Waals surface area contributed by atoms with Gasteiger partial charge >= 0.3 is 0 Å². The average molecular weight is 662 g/mol. The molecule has 3 heterocycles. The van der Waals surface area contributed by atoms with Gasteiger partial charge in [0, 0.05) is 16.6 Å². The number of fused-ring (bicyclic) bond motifs is 6. The monoisotopic (exact) mass is 661 g/mol. The van der Waals surface area contributed by atoms with Gasteiger partial charge in [0.2, 0.25) is 6.71 Å². The van der Waals surface area contributed by atoms with E-state index in [1.165, 1.54) is 86.9 Å². The van der Waals surface area contributed by atoms with Crippen LogP contribution in [0.25, 0.3) is 49.7 Å². The molecule has 2 aliphatic heterocycles. The molecule has 51 heavy (non-hydrogen) atoms. The quantitative estimate of drug-likeness (QED) is 0.187. The normalized spacial score (nSPS) is 13.6. The number of nitrogens with zero attached hydrogens (tertiary/aromatic N) is 1. The van der Waals surface area contributed by atoms with E-state index in [0.29, 0.717) is 0 Å². The van der Waals surface area contributed by atoms with Crippen molar-refractivity contribution < 1.29 is 0 Å². The first kappa shape index (κ1) is 28.7. The minimum atomic E-state index is -2.77. The molecule has 0 atom stereocenters. The predicted octanol–water partition coefficient (Wildman–Crippen LogP) is 6.64. The lowest BCUT2D eigenvalue weighted by atomic mass is 9.34. The topological polar surface area (TPSA) is 4.93 Å². The second-order valence-corrected chi connectivity index (χ2v) is 17.7. The van der Waals surface area contributed by atoms with E-state index in [0.717, 1.165) is 0 Å². The molecule has 0 aliphatic carbocycles. The Morgan fingerprint density at radius 3 is 1.71 bits per heavy atom. The highest BCUT2D eigenvalue weighted by Crippen LogP contribution is 2.44. The first-order valence-electron chi connectivity index (χ1n) is 17.9. The molecule has 8 aromatic carbocycles. The second kappa shape index (κ2) is 10.9. The van der Waals surface area contributed by atoms with Crippen molar-refractivity contribution in [1.82, 2.24) is 4.57 Å². The van der Waals surface area contributed by atoms with Crippen molar-refractivity contribution in [2.45, 2.75) is 0 Å². The predicted molar refractivity (Wildman–Crippen MR) is 220 cm³/mol. The maximum Gasteiger partial charge on any atom is 0.247 e. The molecule has 1 aromatic heterocycles. The van der Waals surface area contributed by atoms with E-state index in [-0.39, 0.29) is 6.71 Å². The molecule has 0 fully saturated rings. The van der Waals surface area contributed by atoms with Gasteiger partial charge in [-0.15, -0.1) is 0 Å². The van der Waals surface area contributed by atoms with Gasteiger partial charge in [-0.05, 0) is 65.7 Å². The highest BCUT2D eigenvalue weighted by Gasteiger charge is 2.52. The summed E-state index contributed by atoms with van der Waals surface area (Å²) in [7, 11) is -2.77.